The van der Waals surface area contributed by atoms with Gasteiger partial charge in [-0.15, -0.1) is 0 Å². The Bertz CT molecular complexity index is 643. The Kier molecular flexibility index (Phi) is 3.34. The first-order chi connectivity index (χ1) is 9.63. The van der Waals surface area contributed by atoms with Crippen LogP contribution in [0.1, 0.15) is 31.2 Å². The number of carbonyl (C=O) groups excluding carboxylic acids is 1. The number of anilines is 1. The summed E-state index contributed by atoms with van der Waals surface area (Å²) in [6, 6.07) is 6.56. The summed E-state index contributed by atoms with van der Waals surface area (Å²) in [7, 11) is 0. The van der Waals surface area contributed by atoms with Crippen LogP contribution in [0, 0.1) is 6.92 Å². The summed E-state index contributed by atoms with van der Waals surface area (Å²) in [5.41, 5.74) is 9.09. The summed E-state index contributed by atoms with van der Waals surface area (Å²) < 4.78 is 1.99. The number of nitrogens with zero attached hydrogens (tertiary/aromatic N) is 2. The second kappa shape index (κ2) is 5.15. The van der Waals surface area contributed by atoms with Crippen molar-refractivity contribution in [2.75, 3.05) is 5.73 Å². The summed E-state index contributed by atoms with van der Waals surface area (Å²) in [5.74, 6) is 0.666. The molecule has 5 heteroatoms. The van der Waals surface area contributed by atoms with Crippen LogP contribution in [-0.2, 0) is 11.3 Å². The molecule has 1 saturated carbocycles. The van der Waals surface area contributed by atoms with Crippen LogP contribution >= 0.6 is 0 Å². The summed E-state index contributed by atoms with van der Waals surface area (Å²) in [6.07, 6.45) is 3.58. The van der Waals surface area contributed by atoms with Gasteiger partial charge in [-0.1, -0.05) is 6.07 Å². The summed E-state index contributed by atoms with van der Waals surface area (Å²) in [4.78, 5) is 16.0. The third-order valence-corrected chi connectivity index (χ3v) is 3.66. The van der Waals surface area contributed by atoms with E-state index < -0.39 is 0 Å². The molecule has 2 aromatic rings. The molecular formula is C15H20N4O. The van der Waals surface area contributed by atoms with Gasteiger partial charge in [-0.05, 0) is 43.9 Å². The Morgan fingerprint density at radius 3 is 3.05 bits per heavy atom. The largest absolute Gasteiger partial charge is 0.369 e. The summed E-state index contributed by atoms with van der Waals surface area (Å²) >= 11 is 0. The lowest BCUT2D eigenvalue weighted by atomic mass is 10.2. The van der Waals surface area contributed by atoms with Crippen LogP contribution in [0.4, 0.5) is 5.95 Å². The third kappa shape index (κ3) is 2.76. The summed E-state index contributed by atoms with van der Waals surface area (Å²) in [6.45, 7) is 2.76. The van der Waals surface area contributed by atoms with Crippen molar-refractivity contribution in [3.8, 4) is 0 Å². The molecule has 106 valence electrons. The maximum Gasteiger partial charge on any atom is 0.220 e. The fourth-order valence-corrected chi connectivity index (χ4v) is 2.42. The van der Waals surface area contributed by atoms with Gasteiger partial charge in [0.25, 0.3) is 0 Å². The molecule has 0 spiro atoms. The van der Waals surface area contributed by atoms with Crippen LogP contribution in [0.3, 0.4) is 0 Å². The topological polar surface area (TPSA) is 72.9 Å². The van der Waals surface area contributed by atoms with Crippen molar-refractivity contribution in [1.82, 2.24) is 14.9 Å². The molecule has 1 aromatic carbocycles. The molecule has 0 unspecified atom stereocenters. The number of hydrogen-bond donors (Lipinski definition) is 2. The van der Waals surface area contributed by atoms with E-state index in [9.17, 15) is 4.79 Å². The molecule has 0 atom stereocenters. The van der Waals surface area contributed by atoms with E-state index >= 15 is 0 Å². The van der Waals surface area contributed by atoms with E-state index in [0.29, 0.717) is 18.4 Å². The minimum absolute atomic E-state index is 0.145. The summed E-state index contributed by atoms with van der Waals surface area (Å²) in [5, 5.41) is 3.00. The van der Waals surface area contributed by atoms with Crippen molar-refractivity contribution >= 4 is 22.9 Å². The van der Waals surface area contributed by atoms with Crippen LogP contribution in [0.5, 0.6) is 0 Å². The van der Waals surface area contributed by atoms with E-state index in [0.717, 1.165) is 36.8 Å². The fraction of sp³-hybridized carbons (Fsp3) is 0.467. The number of hydrogen-bond acceptors (Lipinski definition) is 3. The molecule has 3 N–H and O–H groups in total. The molecule has 1 aliphatic rings. The van der Waals surface area contributed by atoms with Gasteiger partial charge in [0.15, 0.2) is 0 Å². The molecule has 0 aliphatic heterocycles. The lowest BCUT2D eigenvalue weighted by Crippen LogP contribution is -2.25. The van der Waals surface area contributed by atoms with Gasteiger partial charge >= 0.3 is 0 Å². The van der Waals surface area contributed by atoms with Crippen LogP contribution in [0.25, 0.3) is 11.0 Å². The number of rotatable bonds is 5. The molecule has 5 nitrogen and oxygen atoms in total. The van der Waals surface area contributed by atoms with Gasteiger partial charge in [-0.2, -0.15) is 0 Å². The number of aromatic nitrogens is 2. The molecule has 1 amide bonds. The van der Waals surface area contributed by atoms with Crippen molar-refractivity contribution in [1.29, 1.82) is 0 Å². The number of carbonyl (C=O) groups is 1. The number of nitrogens with one attached hydrogen (secondary N) is 1. The predicted octanol–water partition coefficient (Wildman–Crippen LogP) is 1.99. The number of nitrogen functional groups attached to an aromatic ring is 1. The minimum atomic E-state index is 0.145. The van der Waals surface area contributed by atoms with E-state index in [1.54, 1.807) is 0 Å². The van der Waals surface area contributed by atoms with E-state index in [-0.39, 0.29) is 5.91 Å². The molecule has 0 bridgehead atoms. The SMILES string of the molecule is Cc1ccc2c(c1)nc(N)n2CCCC(=O)NC1CC1. The number of fused-ring (bicyclic) bond motifs is 1. The van der Waals surface area contributed by atoms with Crippen LogP contribution in [-0.4, -0.2) is 21.5 Å². The zero-order valence-electron chi connectivity index (χ0n) is 11.7. The Morgan fingerprint density at radius 2 is 2.30 bits per heavy atom. The highest BCUT2D eigenvalue weighted by Crippen LogP contribution is 2.20. The molecule has 1 heterocycles. The predicted molar refractivity (Wildman–Crippen MR) is 79.3 cm³/mol. The molecule has 20 heavy (non-hydrogen) atoms. The second-order valence-corrected chi connectivity index (χ2v) is 5.56. The normalized spacial score (nSPS) is 14.7. The number of imidazole rings is 1. The lowest BCUT2D eigenvalue weighted by Gasteiger charge is -2.07. The standard InChI is InChI=1S/C15H20N4O/c1-10-4-7-13-12(9-10)18-15(16)19(13)8-2-3-14(20)17-11-5-6-11/h4,7,9,11H,2-3,5-6,8H2,1H3,(H2,16,18)(H,17,20). The molecule has 3 rings (SSSR count). The molecule has 0 saturated heterocycles. The number of nitrogens with two attached hydrogens (primary N) is 1. The smallest absolute Gasteiger partial charge is 0.220 e. The monoisotopic (exact) mass is 272 g/mol. The van der Waals surface area contributed by atoms with Gasteiger partial charge < -0.3 is 15.6 Å². The van der Waals surface area contributed by atoms with E-state index in [1.165, 1.54) is 5.56 Å². The van der Waals surface area contributed by atoms with Crippen LogP contribution < -0.4 is 11.1 Å². The highest BCUT2D eigenvalue weighted by atomic mass is 16.1. The maximum absolute atomic E-state index is 11.6. The van der Waals surface area contributed by atoms with Crippen molar-refractivity contribution in [3.05, 3.63) is 23.8 Å². The average molecular weight is 272 g/mol. The van der Waals surface area contributed by atoms with Crippen molar-refractivity contribution in [2.45, 2.75) is 45.2 Å². The quantitative estimate of drug-likeness (QED) is 0.874. The fourth-order valence-electron chi connectivity index (χ4n) is 2.42. The lowest BCUT2D eigenvalue weighted by molar-refractivity contribution is -0.121. The van der Waals surface area contributed by atoms with Crippen molar-refractivity contribution < 1.29 is 4.79 Å². The third-order valence-electron chi connectivity index (χ3n) is 3.66. The Hall–Kier alpha value is -2.04. The highest BCUT2D eigenvalue weighted by molar-refractivity contribution is 5.79. The highest BCUT2D eigenvalue weighted by Gasteiger charge is 2.22. The molecule has 0 radical (unpaired) electrons. The number of aryl methyl sites for hydroxylation is 2. The first-order valence-electron chi connectivity index (χ1n) is 7.15. The van der Waals surface area contributed by atoms with Gasteiger partial charge in [0.2, 0.25) is 11.9 Å². The maximum atomic E-state index is 11.6. The van der Waals surface area contributed by atoms with Gasteiger partial charge in [-0.3, -0.25) is 4.79 Å². The van der Waals surface area contributed by atoms with Crippen LogP contribution in [0.2, 0.25) is 0 Å². The molecule has 1 aromatic heterocycles. The van der Waals surface area contributed by atoms with E-state index in [2.05, 4.69) is 16.4 Å². The van der Waals surface area contributed by atoms with E-state index in [4.69, 9.17) is 5.73 Å². The van der Waals surface area contributed by atoms with Crippen molar-refractivity contribution in [2.24, 2.45) is 0 Å². The van der Waals surface area contributed by atoms with Gasteiger partial charge in [0.05, 0.1) is 11.0 Å². The van der Waals surface area contributed by atoms with Gasteiger partial charge in [0, 0.05) is 19.0 Å². The molecule has 1 aliphatic carbocycles. The Morgan fingerprint density at radius 1 is 1.50 bits per heavy atom. The first-order valence-corrected chi connectivity index (χ1v) is 7.15. The molecular weight excluding hydrogens is 252 g/mol. The zero-order valence-corrected chi connectivity index (χ0v) is 11.7. The zero-order chi connectivity index (χ0) is 14.1. The number of benzene rings is 1. The Balaban J connectivity index is 1.64. The van der Waals surface area contributed by atoms with Gasteiger partial charge in [0.1, 0.15) is 0 Å². The van der Waals surface area contributed by atoms with E-state index in [1.807, 2.05) is 23.6 Å². The van der Waals surface area contributed by atoms with Gasteiger partial charge in [-0.25, -0.2) is 4.98 Å². The first kappa shape index (κ1) is 13.0. The Labute approximate surface area is 118 Å². The van der Waals surface area contributed by atoms with Crippen LogP contribution in [0.15, 0.2) is 18.2 Å². The second-order valence-electron chi connectivity index (χ2n) is 5.56. The molecule has 1 fully saturated rings. The number of amides is 1. The van der Waals surface area contributed by atoms with Crippen molar-refractivity contribution in [3.63, 3.8) is 0 Å². The average Bonchev–Trinajstić information content (AvgIpc) is 3.14. The minimum Gasteiger partial charge on any atom is -0.369 e.